The summed E-state index contributed by atoms with van der Waals surface area (Å²) in [7, 11) is 0. The largest absolute Gasteiger partial charge is 0.466 e. The van der Waals surface area contributed by atoms with Crippen molar-refractivity contribution in [3.63, 3.8) is 0 Å². The molecule has 4 rings (SSSR count). The molecule has 0 bridgehead atoms. The van der Waals surface area contributed by atoms with Gasteiger partial charge in [0.05, 0.1) is 6.61 Å². The Morgan fingerprint density at radius 2 is 1.93 bits per heavy atom. The molecule has 1 atom stereocenters. The Hall–Kier alpha value is -2.83. The van der Waals surface area contributed by atoms with Crippen molar-refractivity contribution < 1.29 is 40.7 Å². The quantitative estimate of drug-likeness (QED) is 0.593. The first-order chi connectivity index (χ1) is 14.1. The molecule has 1 aromatic rings. The Labute approximate surface area is 165 Å². The van der Waals surface area contributed by atoms with E-state index in [1.54, 1.807) is 0 Å². The number of ether oxygens (including phenoxy) is 2. The van der Waals surface area contributed by atoms with E-state index < -0.39 is 36.8 Å². The highest BCUT2D eigenvalue weighted by Gasteiger charge is 2.52. The van der Waals surface area contributed by atoms with Gasteiger partial charge in [-0.05, 0) is 37.0 Å². The smallest absolute Gasteiger partial charge is 0.422 e. The van der Waals surface area contributed by atoms with Gasteiger partial charge in [-0.1, -0.05) is 0 Å². The Morgan fingerprint density at radius 1 is 1.17 bits per heavy atom. The summed E-state index contributed by atoms with van der Waals surface area (Å²) < 4.78 is 88.4. The number of aromatic nitrogens is 1. The number of rotatable bonds is 7. The van der Waals surface area contributed by atoms with Gasteiger partial charge in [0.25, 0.3) is 12.0 Å². The van der Waals surface area contributed by atoms with Crippen molar-refractivity contribution in [1.29, 1.82) is 0 Å². The number of halogens is 6. The molecule has 0 aromatic carbocycles. The zero-order valence-corrected chi connectivity index (χ0v) is 15.1. The Balaban J connectivity index is 1.46. The van der Waals surface area contributed by atoms with E-state index in [-0.39, 0.29) is 29.7 Å². The fraction of sp³-hybridized carbons (Fsp3) is 0.471. The minimum absolute atomic E-state index is 0.0167. The fourth-order valence-corrected chi connectivity index (χ4v) is 2.58. The van der Waals surface area contributed by atoms with Crippen LogP contribution in [0, 0.1) is 11.7 Å². The number of nitrogens with zero attached hydrogens (tertiary/aromatic N) is 4. The van der Waals surface area contributed by atoms with Crippen molar-refractivity contribution in [2.45, 2.75) is 31.3 Å². The van der Waals surface area contributed by atoms with Crippen LogP contribution in [0.25, 0.3) is 5.76 Å². The van der Waals surface area contributed by atoms with Gasteiger partial charge in [-0.3, -0.25) is 0 Å². The third-order valence-corrected chi connectivity index (χ3v) is 4.27. The Bertz CT molecular complexity index is 913. The second-order valence-corrected chi connectivity index (χ2v) is 6.79. The molecule has 0 amide bonds. The van der Waals surface area contributed by atoms with E-state index in [1.807, 2.05) is 0 Å². The van der Waals surface area contributed by atoms with Crippen LogP contribution in [0.5, 0.6) is 5.88 Å². The summed E-state index contributed by atoms with van der Waals surface area (Å²) in [4.78, 5) is 8.87. The molecule has 3 heterocycles. The van der Waals surface area contributed by atoms with Gasteiger partial charge in [0.2, 0.25) is 0 Å². The summed E-state index contributed by atoms with van der Waals surface area (Å²) in [6.07, 6.45) is -4.99. The van der Waals surface area contributed by atoms with E-state index in [4.69, 9.17) is 4.84 Å². The number of azo groups is 1. The first-order valence-electron chi connectivity index (χ1n) is 8.80. The van der Waals surface area contributed by atoms with Crippen LogP contribution in [0.15, 0.2) is 40.5 Å². The van der Waals surface area contributed by atoms with Crippen LogP contribution in [0.3, 0.4) is 0 Å². The molecule has 162 valence electrons. The van der Waals surface area contributed by atoms with Crippen molar-refractivity contribution >= 4 is 5.76 Å². The average molecular weight is 436 g/mol. The molecule has 1 unspecified atom stereocenters. The van der Waals surface area contributed by atoms with Crippen LogP contribution >= 0.6 is 0 Å². The van der Waals surface area contributed by atoms with E-state index in [0.717, 1.165) is 25.1 Å². The zero-order valence-electron chi connectivity index (χ0n) is 15.1. The minimum Gasteiger partial charge on any atom is -0.466 e. The molecule has 0 saturated heterocycles. The lowest BCUT2D eigenvalue weighted by Crippen LogP contribution is -2.45. The number of pyridine rings is 1. The molecule has 1 fully saturated rings. The van der Waals surface area contributed by atoms with E-state index in [2.05, 4.69) is 24.7 Å². The maximum Gasteiger partial charge on any atom is 0.422 e. The first kappa shape index (κ1) is 20.4. The Morgan fingerprint density at radius 3 is 2.60 bits per heavy atom. The summed E-state index contributed by atoms with van der Waals surface area (Å²) in [5.74, 6) is -2.05. The maximum atomic E-state index is 14.4. The molecule has 1 aliphatic carbocycles. The summed E-state index contributed by atoms with van der Waals surface area (Å²) in [6.45, 7) is -1.83. The van der Waals surface area contributed by atoms with Gasteiger partial charge in [-0.15, -0.1) is 10.2 Å². The molecule has 0 N–H and O–H groups in total. The van der Waals surface area contributed by atoms with E-state index in [1.165, 1.54) is 12.2 Å². The molecule has 3 aliphatic rings. The van der Waals surface area contributed by atoms with Crippen molar-refractivity contribution in [1.82, 2.24) is 10.0 Å². The highest BCUT2D eigenvalue weighted by atomic mass is 19.4. The highest BCUT2D eigenvalue weighted by Crippen LogP contribution is 2.40. The van der Waals surface area contributed by atoms with Gasteiger partial charge in [-0.2, -0.15) is 27.0 Å². The summed E-state index contributed by atoms with van der Waals surface area (Å²) in [5.41, 5.74) is -0.0185. The van der Waals surface area contributed by atoms with E-state index in [0.29, 0.717) is 5.06 Å². The maximum absolute atomic E-state index is 14.4. The van der Waals surface area contributed by atoms with Crippen molar-refractivity contribution in [3.05, 3.63) is 41.6 Å². The van der Waals surface area contributed by atoms with Gasteiger partial charge >= 0.3 is 12.3 Å². The second-order valence-electron chi connectivity index (χ2n) is 6.79. The van der Waals surface area contributed by atoms with Gasteiger partial charge in [0, 0.05) is 11.8 Å². The molecule has 30 heavy (non-hydrogen) atoms. The van der Waals surface area contributed by atoms with Gasteiger partial charge in [0.1, 0.15) is 0 Å². The van der Waals surface area contributed by atoms with E-state index in [9.17, 15) is 26.3 Å². The summed E-state index contributed by atoms with van der Waals surface area (Å²) in [6, 6.07) is 0.810. The van der Waals surface area contributed by atoms with Gasteiger partial charge in [0.15, 0.2) is 24.0 Å². The predicted octanol–water partition coefficient (Wildman–Crippen LogP) is 4.40. The van der Waals surface area contributed by atoms with Crippen LogP contribution in [0.2, 0.25) is 0 Å². The van der Waals surface area contributed by atoms with E-state index >= 15 is 0 Å². The van der Waals surface area contributed by atoms with Crippen LogP contribution in [-0.2, 0) is 9.57 Å². The SMILES string of the molecule is Fc1cc(C2=CC=C3N=NC(C(F)(F)OCC4CC4)N3O2)cnc1OCC(F)(F)F. The van der Waals surface area contributed by atoms with Gasteiger partial charge < -0.3 is 14.3 Å². The summed E-state index contributed by atoms with van der Waals surface area (Å²) in [5, 5.41) is 7.83. The zero-order chi connectivity index (χ0) is 21.5. The number of hydrogen-bond acceptors (Lipinski definition) is 7. The molecule has 7 nitrogen and oxygen atoms in total. The lowest BCUT2D eigenvalue weighted by atomic mass is 10.2. The molecule has 1 aromatic heterocycles. The van der Waals surface area contributed by atoms with Crippen LogP contribution in [0.1, 0.15) is 18.4 Å². The molecule has 2 aliphatic heterocycles. The number of fused-ring (bicyclic) bond motifs is 1. The lowest BCUT2D eigenvalue weighted by Gasteiger charge is -2.31. The van der Waals surface area contributed by atoms with Crippen molar-refractivity contribution in [3.8, 4) is 5.88 Å². The van der Waals surface area contributed by atoms with Crippen LogP contribution in [-0.4, -0.2) is 41.7 Å². The lowest BCUT2D eigenvalue weighted by molar-refractivity contribution is -0.297. The molecule has 1 saturated carbocycles. The standard InChI is InChI=1S/C17H14F6N4O3/c18-11-5-10(6-24-14(11)28-8-16(19,20)21)12-3-4-13-25-26-15(27(13)30-12)17(22,23)29-7-9-1-2-9/h3-6,9,15H,1-2,7-8H2. The normalized spacial score (nSPS) is 21.1. The summed E-state index contributed by atoms with van der Waals surface area (Å²) >= 11 is 0. The van der Waals surface area contributed by atoms with Crippen molar-refractivity contribution in [2.75, 3.05) is 13.2 Å². The highest BCUT2D eigenvalue weighted by molar-refractivity contribution is 5.62. The number of hydrogen-bond donors (Lipinski definition) is 0. The van der Waals surface area contributed by atoms with Crippen molar-refractivity contribution in [2.24, 2.45) is 16.1 Å². The molecule has 13 heteroatoms. The third-order valence-electron chi connectivity index (χ3n) is 4.27. The monoisotopic (exact) mass is 436 g/mol. The van der Waals surface area contributed by atoms with Crippen LogP contribution < -0.4 is 4.74 Å². The molecule has 0 spiro atoms. The van der Waals surface area contributed by atoms with Crippen LogP contribution in [0.4, 0.5) is 26.3 Å². The first-order valence-corrected chi connectivity index (χ1v) is 8.80. The third kappa shape index (κ3) is 4.50. The van der Waals surface area contributed by atoms with Gasteiger partial charge in [-0.25, -0.2) is 9.37 Å². The average Bonchev–Trinajstić information content (AvgIpc) is 3.41. The number of hydroxylamine groups is 2. The minimum atomic E-state index is -4.66. The molecular formula is C17H14F6N4O3. The predicted molar refractivity (Wildman–Crippen MR) is 87.0 cm³/mol. The molecule has 0 radical (unpaired) electrons. The number of allylic oxidation sites excluding steroid dienone is 2. The Kier molecular flexibility index (Phi) is 5.08. The number of alkyl halides is 5. The second kappa shape index (κ2) is 7.45. The topological polar surface area (TPSA) is 68.5 Å². The fourth-order valence-electron chi connectivity index (χ4n) is 2.58. The molecular weight excluding hydrogens is 422 g/mol.